The number of hydrogen-bond acceptors (Lipinski definition) is 3. The van der Waals surface area contributed by atoms with Crippen LogP contribution < -0.4 is 9.47 Å². The molecule has 1 aromatic rings. The Labute approximate surface area is 128 Å². The summed E-state index contributed by atoms with van der Waals surface area (Å²) in [6, 6.07) is 5.73. The zero-order valence-electron chi connectivity index (χ0n) is 11.1. The quantitative estimate of drug-likeness (QED) is 0.674. The van der Waals surface area contributed by atoms with Crippen LogP contribution in [0.15, 0.2) is 18.2 Å². The van der Waals surface area contributed by atoms with E-state index in [9.17, 15) is 4.79 Å². The smallest absolute Gasteiger partial charge is 0.497 e. The van der Waals surface area contributed by atoms with Gasteiger partial charge in [0.25, 0.3) is 0 Å². The first-order valence-corrected chi connectivity index (χ1v) is 5.62. The molecule has 0 N–H and O–H groups in total. The molecule has 1 aliphatic heterocycles. The van der Waals surface area contributed by atoms with E-state index in [-0.39, 0.29) is 46.6 Å². The van der Waals surface area contributed by atoms with Gasteiger partial charge in [-0.25, -0.2) is 0 Å². The maximum Gasteiger partial charge on any atom is 2.00 e. The molecule has 0 radical (unpaired) electrons. The number of fused-ring (bicyclic) bond motifs is 1. The Bertz CT molecular complexity index is 484. The number of hydrogen-bond donors (Lipinski definition) is 0. The number of amides is 1. The summed E-state index contributed by atoms with van der Waals surface area (Å²) in [5, 5.41) is 0. The molecule has 0 spiro atoms. The van der Waals surface area contributed by atoms with E-state index >= 15 is 0 Å². The molecule has 0 aromatic heterocycles. The summed E-state index contributed by atoms with van der Waals surface area (Å²) in [4.78, 5) is 13.5. The van der Waals surface area contributed by atoms with Gasteiger partial charge in [0.05, 0.1) is 5.41 Å². The van der Waals surface area contributed by atoms with Crippen LogP contribution in [0.2, 0.25) is 0 Å². The topological polar surface area (TPSA) is 38.8 Å². The van der Waals surface area contributed by atoms with Gasteiger partial charge in [-0.2, -0.15) is 0 Å². The summed E-state index contributed by atoms with van der Waals surface area (Å²) in [5.41, 5.74) is 0.625. The van der Waals surface area contributed by atoms with E-state index < -0.39 is 0 Å². The van der Waals surface area contributed by atoms with Crippen molar-refractivity contribution in [1.82, 2.24) is 4.90 Å². The van der Waals surface area contributed by atoms with Gasteiger partial charge in [-0.15, -0.1) is 0 Å². The van der Waals surface area contributed by atoms with Crippen LogP contribution in [-0.4, -0.2) is 24.6 Å². The van der Waals surface area contributed by atoms with E-state index in [4.69, 9.17) is 9.47 Å². The summed E-state index contributed by atoms with van der Waals surface area (Å²) in [7, 11) is 5.36. The van der Waals surface area contributed by atoms with Gasteiger partial charge in [0, 0.05) is 0 Å². The standard InChI is InChI=1S/C13H14NO3.CH3.W/c1-14(2)12(15)13(5-6-13)9-3-4-10-11(7-9)17-8-16-10;;/h3-4,7H,1,5-6,8H2,2H3;1H3;/q2*-1;+2. The SMILES string of the molecule is [CH2-]N(C)C(=O)C1(c2ccc3c(c2)OCO3)CC1.[CH3-].[W+2]. The fourth-order valence-electron chi connectivity index (χ4n) is 2.31. The van der Waals surface area contributed by atoms with E-state index in [2.05, 4.69) is 7.05 Å². The fourth-order valence-corrected chi connectivity index (χ4v) is 2.31. The largest absolute Gasteiger partial charge is 2.00 e. The van der Waals surface area contributed by atoms with Crippen molar-refractivity contribution in [3.8, 4) is 11.5 Å². The van der Waals surface area contributed by atoms with E-state index in [0.717, 1.165) is 29.9 Å². The number of nitrogens with zero attached hydrogens (tertiary/aromatic N) is 1. The molecule has 1 saturated carbocycles. The Morgan fingerprint density at radius 1 is 1.32 bits per heavy atom. The third kappa shape index (κ3) is 2.51. The molecular weight excluding hydrogens is 414 g/mol. The van der Waals surface area contributed by atoms with Crippen LogP contribution in [0.4, 0.5) is 0 Å². The second-order valence-electron chi connectivity index (χ2n) is 4.65. The molecule has 5 heteroatoms. The number of carbonyl (C=O) groups is 1. The molecule has 1 aromatic carbocycles. The maximum atomic E-state index is 12.1. The van der Waals surface area contributed by atoms with Crippen LogP contribution in [0, 0.1) is 14.5 Å². The van der Waals surface area contributed by atoms with E-state index in [1.807, 2.05) is 18.2 Å². The van der Waals surface area contributed by atoms with Crippen LogP contribution in [-0.2, 0) is 31.3 Å². The molecule has 0 saturated heterocycles. The molecule has 19 heavy (non-hydrogen) atoms. The molecule has 4 nitrogen and oxygen atoms in total. The first-order valence-electron chi connectivity index (χ1n) is 5.62. The number of ether oxygens (including phenoxy) is 2. The monoisotopic (exact) mass is 431 g/mol. The van der Waals surface area contributed by atoms with Crippen molar-refractivity contribution < 1.29 is 35.3 Å². The van der Waals surface area contributed by atoms with Crippen molar-refractivity contribution >= 4 is 5.91 Å². The van der Waals surface area contributed by atoms with Gasteiger partial charge in [-0.1, -0.05) is 6.07 Å². The third-order valence-electron chi connectivity index (χ3n) is 3.43. The molecule has 0 atom stereocenters. The summed E-state index contributed by atoms with van der Waals surface area (Å²) in [6.45, 7) is 0.259. The Hall–Kier alpha value is -1.02. The van der Waals surface area contributed by atoms with Crippen LogP contribution >= 0.6 is 0 Å². The number of likely N-dealkylation sites (N-methyl/N-ethyl adjacent to an activating group) is 1. The molecular formula is C14H17NO3W. The Kier molecular flexibility index (Phi) is 4.67. The van der Waals surface area contributed by atoms with Gasteiger partial charge < -0.3 is 21.8 Å². The zero-order valence-corrected chi connectivity index (χ0v) is 14.1. The first kappa shape index (κ1) is 16.0. The third-order valence-corrected chi connectivity index (χ3v) is 3.43. The minimum atomic E-state index is -0.377. The van der Waals surface area contributed by atoms with Gasteiger partial charge >= 0.3 is 21.1 Å². The average Bonchev–Trinajstić information content (AvgIpc) is 2.99. The van der Waals surface area contributed by atoms with Crippen LogP contribution in [0.3, 0.4) is 0 Å². The fraction of sp³-hybridized carbons (Fsp3) is 0.357. The summed E-state index contributed by atoms with van der Waals surface area (Å²) < 4.78 is 10.6. The Morgan fingerprint density at radius 3 is 2.53 bits per heavy atom. The average molecular weight is 431 g/mol. The van der Waals surface area contributed by atoms with Gasteiger partial charge in [0.15, 0.2) is 11.5 Å². The first-order chi connectivity index (χ1) is 8.13. The molecule has 1 amide bonds. The predicted molar refractivity (Wildman–Crippen MR) is 68.0 cm³/mol. The minimum absolute atomic E-state index is 0. The Balaban J connectivity index is 0.000000902. The molecule has 1 heterocycles. The van der Waals surface area contributed by atoms with E-state index in [1.54, 1.807) is 7.05 Å². The van der Waals surface area contributed by atoms with Crippen molar-refractivity contribution in [2.45, 2.75) is 18.3 Å². The molecule has 0 bridgehead atoms. The Morgan fingerprint density at radius 2 is 1.95 bits per heavy atom. The van der Waals surface area contributed by atoms with Gasteiger partial charge in [0.1, 0.15) is 0 Å². The molecule has 1 aliphatic carbocycles. The minimum Gasteiger partial charge on any atom is -0.497 e. The van der Waals surface area contributed by atoms with Crippen molar-refractivity contribution in [3.05, 3.63) is 38.2 Å². The van der Waals surface area contributed by atoms with Gasteiger partial charge in [0.2, 0.25) is 12.7 Å². The molecule has 102 valence electrons. The van der Waals surface area contributed by atoms with E-state index in [1.165, 1.54) is 4.90 Å². The van der Waals surface area contributed by atoms with E-state index in [0.29, 0.717) is 0 Å². The van der Waals surface area contributed by atoms with Crippen molar-refractivity contribution in [2.24, 2.45) is 0 Å². The van der Waals surface area contributed by atoms with Crippen molar-refractivity contribution in [3.63, 3.8) is 0 Å². The molecule has 2 aliphatic rings. The van der Waals surface area contributed by atoms with Crippen molar-refractivity contribution in [1.29, 1.82) is 0 Å². The predicted octanol–water partition coefficient (Wildman–Crippen LogP) is 2.14. The van der Waals surface area contributed by atoms with Gasteiger partial charge in [-0.05, 0) is 37.6 Å². The van der Waals surface area contributed by atoms with Crippen molar-refractivity contribution in [2.75, 3.05) is 13.8 Å². The van der Waals surface area contributed by atoms with Gasteiger partial charge in [-0.3, -0.25) is 11.8 Å². The molecule has 1 fully saturated rings. The zero-order chi connectivity index (χ0) is 12.0. The summed E-state index contributed by atoms with van der Waals surface area (Å²) in [6.07, 6.45) is 1.76. The normalized spacial score (nSPS) is 16.9. The summed E-state index contributed by atoms with van der Waals surface area (Å²) in [5.74, 6) is 1.55. The maximum absolute atomic E-state index is 12.1. The second-order valence-corrected chi connectivity index (χ2v) is 4.65. The number of benzene rings is 1. The summed E-state index contributed by atoms with van der Waals surface area (Å²) >= 11 is 0. The number of rotatable bonds is 2. The number of carbonyl (C=O) groups excluding carboxylic acids is 1. The van der Waals surface area contributed by atoms with Crippen LogP contribution in [0.1, 0.15) is 18.4 Å². The second kappa shape index (κ2) is 5.54. The molecule has 0 unspecified atom stereocenters. The van der Waals surface area contributed by atoms with Crippen LogP contribution in [0.25, 0.3) is 0 Å². The van der Waals surface area contributed by atoms with Crippen LogP contribution in [0.5, 0.6) is 11.5 Å². The molecule has 3 rings (SSSR count).